The number of hydrogen-bond donors (Lipinski definition) is 1. The number of pyridine rings is 1. The Morgan fingerprint density at radius 3 is 2.86 bits per heavy atom. The highest BCUT2D eigenvalue weighted by molar-refractivity contribution is 6.04. The van der Waals surface area contributed by atoms with Crippen LogP contribution in [0, 0.1) is 0 Å². The highest BCUT2D eigenvalue weighted by Crippen LogP contribution is 2.17. The summed E-state index contributed by atoms with van der Waals surface area (Å²) < 4.78 is 7.22. The number of hydrogen-bond acceptors (Lipinski definition) is 3. The minimum absolute atomic E-state index is 0.150. The van der Waals surface area contributed by atoms with Gasteiger partial charge in [-0.2, -0.15) is 0 Å². The van der Waals surface area contributed by atoms with E-state index in [2.05, 4.69) is 10.3 Å². The Hall–Kier alpha value is -2.82. The molecule has 0 aliphatic rings. The van der Waals surface area contributed by atoms with E-state index in [0.29, 0.717) is 12.2 Å². The number of carbonyl (C=O) groups excluding carboxylic acids is 1. The summed E-state index contributed by atoms with van der Waals surface area (Å²) in [7, 11) is 0. The molecule has 1 amide bonds. The molecule has 21 heavy (non-hydrogen) atoms. The summed E-state index contributed by atoms with van der Waals surface area (Å²) in [6.45, 7) is 2.55. The van der Waals surface area contributed by atoms with Gasteiger partial charge in [0.25, 0.3) is 5.91 Å². The molecule has 0 unspecified atom stereocenters. The lowest BCUT2D eigenvalue weighted by molar-refractivity contribution is 0.102. The molecule has 0 saturated carbocycles. The predicted molar refractivity (Wildman–Crippen MR) is 80.8 cm³/mol. The fourth-order valence-corrected chi connectivity index (χ4v) is 2.06. The van der Waals surface area contributed by atoms with Crippen LogP contribution >= 0.6 is 0 Å². The van der Waals surface area contributed by atoms with Crippen LogP contribution in [0.4, 0.5) is 5.69 Å². The molecule has 3 aromatic rings. The molecule has 0 radical (unpaired) electrons. The number of nitrogens with zero attached hydrogens (tertiary/aromatic N) is 2. The second-order valence-corrected chi connectivity index (χ2v) is 4.55. The first-order valence-electron chi connectivity index (χ1n) is 6.72. The summed E-state index contributed by atoms with van der Waals surface area (Å²) in [4.78, 5) is 16.2. The van der Waals surface area contributed by atoms with E-state index in [4.69, 9.17) is 4.74 Å². The lowest BCUT2D eigenvalue weighted by atomic mass is 10.2. The number of benzene rings is 1. The van der Waals surface area contributed by atoms with Gasteiger partial charge in [-0.3, -0.25) is 4.79 Å². The molecule has 5 heteroatoms. The number of amides is 1. The Bertz CT molecular complexity index is 763. The van der Waals surface area contributed by atoms with Crippen LogP contribution in [-0.4, -0.2) is 21.9 Å². The summed E-state index contributed by atoms with van der Waals surface area (Å²) in [6.07, 6.45) is 5.23. The van der Waals surface area contributed by atoms with Crippen LogP contribution in [0.1, 0.15) is 17.3 Å². The van der Waals surface area contributed by atoms with Crippen molar-refractivity contribution in [2.45, 2.75) is 6.92 Å². The molecule has 0 spiro atoms. The van der Waals surface area contributed by atoms with Crippen molar-refractivity contribution in [2.75, 3.05) is 11.9 Å². The molecule has 0 aliphatic carbocycles. The van der Waals surface area contributed by atoms with Crippen LogP contribution in [0.2, 0.25) is 0 Å². The Kier molecular flexibility index (Phi) is 3.55. The van der Waals surface area contributed by atoms with Gasteiger partial charge in [-0.25, -0.2) is 4.98 Å². The van der Waals surface area contributed by atoms with Crippen molar-refractivity contribution >= 4 is 17.1 Å². The van der Waals surface area contributed by atoms with Crippen molar-refractivity contribution in [1.82, 2.24) is 9.38 Å². The summed E-state index contributed by atoms with van der Waals surface area (Å²) in [5.41, 5.74) is 2.21. The van der Waals surface area contributed by atoms with E-state index in [1.54, 1.807) is 24.7 Å². The molecular weight excluding hydrogens is 266 g/mol. The van der Waals surface area contributed by atoms with E-state index < -0.39 is 0 Å². The van der Waals surface area contributed by atoms with Crippen LogP contribution in [-0.2, 0) is 0 Å². The monoisotopic (exact) mass is 281 g/mol. The van der Waals surface area contributed by atoms with E-state index in [0.717, 1.165) is 17.0 Å². The molecule has 3 rings (SSSR count). The summed E-state index contributed by atoms with van der Waals surface area (Å²) in [6, 6.07) is 10.9. The average molecular weight is 281 g/mol. The lowest BCUT2D eigenvalue weighted by Gasteiger charge is -2.07. The first-order valence-corrected chi connectivity index (χ1v) is 6.72. The molecule has 1 N–H and O–H groups in total. The number of carbonyl (C=O) groups is 1. The fourth-order valence-electron chi connectivity index (χ4n) is 2.06. The van der Waals surface area contributed by atoms with Gasteiger partial charge in [0.15, 0.2) is 0 Å². The van der Waals surface area contributed by atoms with Gasteiger partial charge in [-0.15, -0.1) is 0 Å². The highest BCUT2D eigenvalue weighted by atomic mass is 16.5. The fraction of sp³-hybridized carbons (Fsp3) is 0.125. The Morgan fingerprint density at radius 1 is 1.29 bits per heavy atom. The predicted octanol–water partition coefficient (Wildman–Crippen LogP) is 2.99. The number of aromatic nitrogens is 2. The van der Waals surface area contributed by atoms with Gasteiger partial charge < -0.3 is 14.5 Å². The third-order valence-corrected chi connectivity index (χ3v) is 3.10. The SMILES string of the molecule is CCOc1ccc(NC(=O)c2ccn3cncc3c2)cc1. The average Bonchev–Trinajstić information content (AvgIpc) is 2.97. The zero-order valence-electron chi connectivity index (χ0n) is 11.6. The number of anilines is 1. The van der Waals surface area contributed by atoms with E-state index in [9.17, 15) is 4.79 Å². The zero-order chi connectivity index (χ0) is 14.7. The second-order valence-electron chi connectivity index (χ2n) is 4.55. The number of ether oxygens (including phenoxy) is 1. The van der Waals surface area contributed by atoms with Crippen molar-refractivity contribution in [3.05, 3.63) is 60.7 Å². The van der Waals surface area contributed by atoms with Crippen LogP contribution < -0.4 is 10.1 Å². The molecular formula is C16H15N3O2. The first-order chi connectivity index (χ1) is 10.3. The third kappa shape index (κ3) is 2.86. The maximum Gasteiger partial charge on any atom is 0.255 e. The molecule has 0 atom stereocenters. The van der Waals surface area contributed by atoms with Gasteiger partial charge in [0.05, 0.1) is 24.6 Å². The molecule has 0 aliphatic heterocycles. The van der Waals surface area contributed by atoms with Crippen molar-refractivity contribution < 1.29 is 9.53 Å². The van der Waals surface area contributed by atoms with Crippen molar-refractivity contribution in [3.8, 4) is 5.75 Å². The highest BCUT2D eigenvalue weighted by Gasteiger charge is 2.07. The topological polar surface area (TPSA) is 55.6 Å². The van der Waals surface area contributed by atoms with Crippen LogP contribution in [0.5, 0.6) is 5.75 Å². The van der Waals surface area contributed by atoms with Gasteiger partial charge in [-0.1, -0.05) is 0 Å². The van der Waals surface area contributed by atoms with E-state index in [-0.39, 0.29) is 5.91 Å². The molecule has 0 saturated heterocycles. The van der Waals surface area contributed by atoms with Crippen molar-refractivity contribution in [1.29, 1.82) is 0 Å². The molecule has 1 aromatic carbocycles. The molecule has 5 nitrogen and oxygen atoms in total. The van der Waals surface area contributed by atoms with Gasteiger partial charge in [0, 0.05) is 17.4 Å². The van der Waals surface area contributed by atoms with Gasteiger partial charge in [-0.05, 0) is 43.3 Å². The van der Waals surface area contributed by atoms with Gasteiger partial charge in [0.2, 0.25) is 0 Å². The molecule has 2 aromatic heterocycles. The Morgan fingerprint density at radius 2 is 2.10 bits per heavy atom. The maximum atomic E-state index is 12.2. The van der Waals surface area contributed by atoms with Gasteiger partial charge in [0.1, 0.15) is 5.75 Å². The molecule has 0 bridgehead atoms. The first kappa shape index (κ1) is 13.2. The van der Waals surface area contributed by atoms with Crippen molar-refractivity contribution in [2.24, 2.45) is 0 Å². The standard InChI is InChI=1S/C16H15N3O2/c1-2-21-15-5-3-13(4-6-15)18-16(20)12-7-8-19-11-17-10-14(19)9-12/h3-11H,2H2,1H3,(H,18,20). The molecule has 0 fully saturated rings. The quantitative estimate of drug-likeness (QED) is 0.800. The summed E-state index contributed by atoms with van der Waals surface area (Å²) in [5.74, 6) is 0.638. The lowest BCUT2D eigenvalue weighted by Crippen LogP contribution is -2.12. The van der Waals surface area contributed by atoms with Crippen molar-refractivity contribution in [3.63, 3.8) is 0 Å². The van der Waals surface area contributed by atoms with Crippen LogP contribution in [0.25, 0.3) is 5.52 Å². The number of imidazole rings is 1. The van der Waals surface area contributed by atoms with E-state index in [1.165, 1.54) is 0 Å². The Labute approximate surface area is 122 Å². The smallest absolute Gasteiger partial charge is 0.255 e. The molecule has 106 valence electrons. The zero-order valence-corrected chi connectivity index (χ0v) is 11.6. The second kappa shape index (κ2) is 5.66. The largest absolute Gasteiger partial charge is 0.494 e. The van der Waals surface area contributed by atoms with Gasteiger partial charge >= 0.3 is 0 Å². The van der Waals surface area contributed by atoms with E-state index >= 15 is 0 Å². The number of fused-ring (bicyclic) bond motifs is 1. The molecule has 2 heterocycles. The van der Waals surface area contributed by atoms with E-state index in [1.807, 2.05) is 41.8 Å². The van der Waals surface area contributed by atoms with Crippen LogP contribution in [0.15, 0.2) is 55.1 Å². The minimum Gasteiger partial charge on any atom is -0.494 e. The minimum atomic E-state index is -0.150. The normalized spacial score (nSPS) is 10.5. The van der Waals surface area contributed by atoms with Crippen LogP contribution in [0.3, 0.4) is 0 Å². The summed E-state index contributed by atoms with van der Waals surface area (Å²) >= 11 is 0. The Balaban J connectivity index is 1.75. The number of nitrogens with one attached hydrogen (secondary N) is 1. The summed E-state index contributed by atoms with van der Waals surface area (Å²) in [5, 5.41) is 2.86. The number of rotatable bonds is 4. The maximum absolute atomic E-state index is 12.2. The third-order valence-electron chi connectivity index (χ3n) is 3.10.